The van der Waals surface area contributed by atoms with Crippen molar-refractivity contribution in [1.82, 2.24) is 0 Å². The Hall–Kier alpha value is -3.46. The molecular formula is C21H20N2O6S. The summed E-state index contributed by atoms with van der Waals surface area (Å²) >= 11 is 0. The lowest BCUT2D eigenvalue weighted by molar-refractivity contribution is 0.0963. The fraction of sp³-hybridized carbons (Fsp3) is 0.190. The Balaban J connectivity index is 1.59. The van der Waals surface area contributed by atoms with E-state index in [1.807, 2.05) is 0 Å². The molecule has 9 heteroatoms. The minimum Gasteiger partial charge on any atom is -0.497 e. The number of ether oxygens (including phenoxy) is 2. The van der Waals surface area contributed by atoms with Gasteiger partial charge in [-0.05, 0) is 54.4 Å². The fourth-order valence-electron chi connectivity index (χ4n) is 3.42. The summed E-state index contributed by atoms with van der Waals surface area (Å²) < 4.78 is 43.9. The molecular weight excluding hydrogens is 408 g/mol. The van der Waals surface area contributed by atoms with E-state index >= 15 is 0 Å². The predicted octanol–water partition coefficient (Wildman–Crippen LogP) is 3.30. The van der Waals surface area contributed by atoms with Crippen molar-refractivity contribution in [2.45, 2.75) is 11.3 Å². The van der Waals surface area contributed by atoms with Gasteiger partial charge in [-0.3, -0.25) is 9.52 Å². The number of methoxy groups -OCH3 is 2. The number of hydrogen-bond acceptors (Lipinski definition) is 6. The SMILES string of the molecule is COc1ccc(S(=O)(=O)Nc2ccc3c(c2)CCN3C(=O)c2ccco2)c(OC)c1. The summed E-state index contributed by atoms with van der Waals surface area (Å²) in [5.74, 6) is 0.706. The molecule has 0 saturated heterocycles. The molecule has 0 aliphatic carbocycles. The van der Waals surface area contributed by atoms with Crippen molar-refractivity contribution in [3.63, 3.8) is 0 Å². The molecule has 0 unspecified atom stereocenters. The van der Waals surface area contributed by atoms with Gasteiger partial charge in [0.05, 0.1) is 20.5 Å². The first-order valence-electron chi connectivity index (χ1n) is 9.16. The maximum absolute atomic E-state index is 12.9. The second kappa shape index (κ2) is 7.75. The number of fused-ring (bicyclic) bond motifs is 1. The van der Waals surface area contributed by atoms with Gasteiger partial charge < -0.3 is 18.8 Å². The lowest BCUT2D eigenvalue weighted by Gasteiger charge is -2.17. The molecule has 30 heavy (non-hydrogen) atoms. The molecule has 2 aromatic carbocycles. The summed E-state index contributed by atoms with van der Waals surface area (Å²) in [5, 5.41) is 0. The van der Waals surface area contributed by atoms with Gasteiger partial charge in [0.2, 0.25) is 0 Å². The molecule has 3 aromatic rings. The molecule has 1 amide bonds. The van der Waals surface area contributed by atoms with Crippen molar-refractivity contribution in [3.8, 4) is 11.5 Å². The first-order valence-corrected chi connectivity index (χ1v) is 10.6. The molecule has 0 bridgehead atoms. The molecule has 0 fully saturated rings. The van der Waals surface area contributed by atoms with Crippen LogP contribution in [0.25, 0.3) is 0 Å². The zero-order valence-electron chi connectivity index (χ0n) is 16.4. The molecule has 0 radical (unpaired) electrons. The third-order valence-corrected chi connectivity index (χ3v) is 6.29. The van der Waals surface area contributed by atoms with Crippen LogP contribution in [0.1, 0.15) is 16.1 Å². The number of anilines is 2. The average molecular weight is 428 g/mol. The number of nitrogens with zero attached hydrogens (tertiary/aromatic N) is 1. The Kier molecular flexibility index (Phi) is 5.13. The van der Waals surface area contributed by atoms with Crippen LogP contribution in [0.2, 0.25) is 0 Å². The normalized spacial score (nSPS) is 13.1. The Morgan fingerprint density at radius 3 is 2.63 bits per heavy atom. The van der Waals surface area contributed by atoms with Crippen molar-refractivity contribution in [3.05, 3.63) is 66.1 Å². The van der Waals surface area contributed by atoms with Crippen LogP contribution in [-0.4, -0.2) is 35.1 Å². The highest BCUT2D eigenvalue weighted by Crippen LogP contribution is 2.34. The third-order valence-electron chi connectivity index (χ3n) is 4.86. The molecule has 1 aliphatic heterocycles. The van der Waals surface area contributed by atoms with Crippen LogP contribution in [0.5, 0.6) is 11.5 Å². The van der Waals surface area contributed by atoms with Gasteiger partial charge >= 0.3 is 0 Å². The molecule has 0 spiro atoms. The number of furan rings is 1. The fourth-order valence-corrected chi connectivity index (χ4v) is 4.62. The Morgan fingerprint density at radius 1 is 1.10 bits per heavy atom. The highest BCUT2D eigenvalue weighted by molar-refractivity contribution is 7.92. The number of benzene rings is 2. The van der Waals surface area contributed by atoms with Gasteiger partial charge in [0, 0.05) is 24.0 Å². The van der Waals surface area contributed by atoms with E-state index in [0.29, 0.717) is 24.4 Å². The van der Waals surface area contributed by atoms with E-state index in [4.69, 9.17) is 13.9 Å². The highest BCUT2D eigenvalue weighted by Gasteiger charge is 2.28. The van der Waals surface area contributed by atoms with E-state index in [-0.39, 0.29) is 22.3 Å². The molecule has 1 aromatic heterocycles. The van der Waals surface area contributed by atoms with Gasteiger partial charge in [0.25, 0.3) is 15.9 Å². The van der Waals surface area contributed by atoms with Crippen LogP contribution in [0.3, 0.4) is 0 Å². The van der Waals surface area contributed by atoms with E-state index in [2.05, 4.69) is 4.72 Å². The number of carbonyl (C=O) groups is 1. The number of rotatable bonds is 6. The zero-order chi connectivity index (χ0) is 21.3. The van der Waals surface area contributed by atoms with Crippen molar-refractivity contribution in [1.29, 1.82) is 0 Å². The summed E-state index contributed by atoms with van der Waals surface area (Å²) in [7, 11) is -1.00. The van der Waals surface area contributed by atoms with E-state index in [0.717, 1.165) is 11.3 Å². The van der Waals surface area contributed by atoms with Crippen LogP contribution in [0.15, 0.2) is 64.1 Å². The molecule has 2 heterocycles. The average Bonchev–Trinajstić information content (AvgIpc) is 3.42. The first kappa shape index (κ1) is 19.8. The van der Waals surface area contributed by atoms with E-state index in [1.54, 1.807) is 41.3 Å². The van der Waals surface area contributed by atoms with Crippen LogP contribution < -0.4 is 19.1 Å². The first-order chi connectivity index (χ1) is 14.4. The van der Waals surface area contributed by atoms with Gasteiger partial charge in [-0.2, -0.15) is 0 Å². The standard InChI is InChI=1S/C21H20N2O6S/c1-27-16-6-8-20(19(13-16)28-2)30(25,26)22-15-5-7-17-14(12-15)9-10-23(17)21(24)18-4-3-11-29-18/h3-8,11-13,22H,9-10H2,1-2H3. The Labute approximate surface area is 174 Å². The summed E-state index contributed by atoms with van der Waals surface area (Å²) in [6.45, 7) is 0.497. The van der Waals surface area contributed by atoms with Crippen molar-refractivity contribution in [2.24, 2.45) is 0 Å². The summed E-state index contributed by atoms with van der Waals surface area (Å²) in [4.78, 5) is 14.2. The van der Waals surface area contributed by atoms with E-state index < -0.39 is 10.0 Å². The van der Waals surface area contributed by atoms with Crippen molar-refractivity contribution in [2.75, 3.05) is 30.4 Å². The Bertz CT molecular complexity index is 1190. The van der Waals surface area contributed by atoms with Crippen molar-refractivity contribution < 1.29 is 27.1 Å². The predicted molar refractivity (Wildman–Crippen MR) is 111 cm³/mol. The number of sulfonamides is 1. The quantitative estimate of drug-likeness (QED) is 0.647. The molecule has 0 saturated carbocycles. The summed E-state index contributed by atoms with van der Waals surface area (Å²) in [5.41, 5.74) is 2.01. The molecule has 4 rings (SSSR count). The monoisotopic (exact) mass is 428 g/mol. The second-order valence-corrected chi connectivity index (χ2v) is 8.30. The van der Waals surface area contributed by atoms with Crippen LogP contribution in [-0.2, 0) is 16.4 Å². The lowest BCUT2D eigenvalue weighted by Crippen LogP contribution is -2.28. The Morgan fingerprint density at radius 2 is 1.93 bits per heavy atom. The second-order valence-electron chi connectivity index (χ2n) is 6.65. The topological polar surface area (TPSA) is 98.1 Å². The maximum atomic E-state index is 12.9. The number of amides is 1. The minimum absolute atomic E-state index is 0.000854. The number of hydrogen-bond donors (Lipinski definition) is 1. The molecule has 0 atom stereocenters. The van der Waals surface area contributed by atoms with Crippen LogP contribution in [0.4, 0.5) is 11.4 Å². The van der Waals surface area contributed by atoms with Crippen LogP contribution >= 0.6 is 0 Å². The lowest BCUT2D eigenvalue weighted by atomic mass is 10.1. The third kappa shape index (κ3) is 3.59. The molecule has 1 N–H and O–H groups in total. The van der Waals surface area contributed by atoms with Crippen molar-refractivity contribution >= 4 is 27.3 Å². The molecule has 8 nitrogen and oxygen atoms in total. The van der Waals surface area contributed by atoms with Crippen LogP contribution in [0, 0.1) is 0 Å². The molecule has 156 valence electrons. The molecule has 1 aliphatic rings. The largest absolute Gasteiger partial charge is 0.497 e. The van der Waals surface area contributed by atoms with E-state index in [1.165, 1.54) is 32.6 Å². The zero-order valence-corrected chi connectivity index (χ0v) is 17.2. The van der Waals surface area contributed by atoms with Gasteiger partial charge in [-0.15, -0.1) is 0 Å². The smallest absolute Gasteiger partial charge is 0.293 e. The highest BCUT2D eigenvalue weighted by atomic mass is 32.2. The maximum Gasteiger partial charge on any atom is 0.293 e. The summed E-state index contributed by atoms with van der Waals surface area (Å²) in [6.07, 6.45) is 2.07. The van der Waals surface area contributed by atoms with Gasteiger partial charge in [-0.25, -0.2) is 8.42 Å². The number of nitrogens with one attached hydrogen (secondary N) is 1. The minimum atomic E-state index is -3.89. The van der Waals surface area contributed by atoms with Gasteiger partial charge in [0.1, 0.15) is 16.4 Å². The van der Waals surface area contributed by atoms with Gasteiger partial charge in [0.15, 0.2) is 5.76 Å². The summed E-state index contributed by atoms with van der Waals surface area (Å²) in [6, 6.07) is 12.9. The van der Waals surface area contributed by atoms with Gasteiger partial charge in [-0.1, -0.05) is 0 Å². The number of carbonyl (C=O) groups excluding carboxylic acids is 1. The van der Waals surface area contributed by atoms with E-state index in [9.17, 15) is 13.2 Å².